The SMILES string of the molecule is Clc1ccc(C23CCCCC2COC3)cc1Cl. The van der Waals surface area contributed by atoms with Crippen molar-refractivity contribution in [2.24, 2.45) is 5.92 Å². The summed E-state index contributed by atoms with van der Waals surface area (Å²) in [5, 5.41) is 1.30. The molecule has 92 valence electrons. The van der Waals surface area contributed by atoms with Gasteiger partial charge >= 0.3 is 0 Å². The molecule has 3 rings (SSSR count). The lowest BCUT2D eigenvalue weighted by Crippen LogP contribution is -2.37. The molecule has 1 aromatic carbocycles. The molecule has 0 bridgehead atoms. The highest BCUT2D eigenvalue weighted by atomic mass is 35.5. The van der Waals surface area contributed by atoms with Crippen LogP contribution in [-0.2, 0) is 10.2 Å². The van der Waals surface area contributed by atoms with Crippen molar-refractivity contribution in [2.75, 3.05) is 13.2 Å². The molecular weight excluding hydrogens is 255 g/mol. The summed E-state index contributed by atoms with van der Waals surface area (Å²) in [6.07, 6.45) is 5.12. The number of benzene rings is 1. The van der Waals surface area contributed by atoms with E-state index in [-0.39, 0.29) is 5.41 Å². The van der Waals surface area contributed by atoms with Gasteiger partial charge in [-0.2, -0.15) is 0 Å². The van der Waals surface area contributed by atoms with E-state index in [9.17, 15) is 0 Å². The van der Waals surface area contributed by atoms with E-state index >= 15 is 0 Å². The van der Waals surface area contributed by atoms with Crippen LogP contribution in [0.5, 0.6) is 0 Å². The van der Waals surface area contributed by atoms with Gasteiger partial charge in [0.25, 0.3) is 0 Å². The predicted octanol–water partition coefficient (Wildman–Crippen LogP) is 4.45. The maximum Gasteiger partial charge on any atom is 0.0595 e. The molecular formula is C14H16Cl2O. The summed E-state index contributed by atoms with van der Waals surface area (Å²) in [5.74, 6) is 0.661. The van der Waals surface area contributed by atoms with E-state index in [0.717, 1.165) is 13.2 Å². The van der Waals surface area contributed by atoms with Gasteiger partial charge in [-0.15, -0.1) is 0 Å². The van der Waals surface area contributed by atoms with Crippen molar-refractivity contribution < 1.29 is 4.74 Å². The van der Waals surface area contributed by atoms with E-state index in [1.165, 1.54) is 31.2 Å². The van der Waals surface area contributed by atoms with Crippen LogP contribution in [0.4, 0.5) is 0 Å². The monoisotopic (exact) mass is 270 g/mol. The Labute approximate surface area is 112 Å². The lowest BCUT2D eigenvalue weighted by molar-refractivity contribution is 0.174. The zero-order chi connectivity index (χ0) is 11.9. The Bertz CT molecular complexity index is 432. The second-order valence-electron chi connectivity index (χ2n) is 5.24. The van der Waals surface area contributed by atoms with Gasteiger partial charge in [-0.05, 0) is 36.5 Å². The predicted molar refractivity (Wildman–Crippen MR) is 70.9 cm³/mol. The Kier molecular flexibility index (Phi) is 3.10. The van der Waals surface area contributed by atoms with Crippen LogP contribution in [-0.4, -0.2) is 13.2 Å². The van der Waals surface area contributed by atoms with Crippen molar-refractivity contribution in [1.82, 2.24) is 0 Å². The minimum atomic E-state index is 0.201. The highest BCUT2D eigenvalue weighted by Gasteiger charge is 2.46. The Morgan fingerprint density at radius 2 is 2.06 bits per heavy atom. The van der Waals surface area contributed by atoms with E-state index < -0.39 is 0 Å². The van der Waals surface area contributed by atoms with Crippen LogP contribution >= 0.6 is 23.2 Å². The minimum absolute atomic E-state index is 0.201. The molecule has 1 saturated heterocycles. The van der Waals surface area contributed by atoms with Gasteiger partial charge in [0.1, 0.15) is 0 Å². The zero-order valence-corrected chi connectivity index (χ0v) is 11.2. The topological polar surface area (TPSA) is 9.23 Å². The summed E-state index contributed by atoms with van der Waals surface area (Å²) in [4.78, 5) is 0. The Hall–Kier alpha value is -0.240. The van der Waals surface area contributed by atoms with Crippen molar-refractivity contribution in [2.45, 2.75) is 31.1 Å². The molecule has 2 aliphatic rings. The van der Waals surface area contributed by atoms with Crippen molar-refractivity contribution in [3.8, 4) is 0 Å². The number of fused-ring (bicyclic) bond motifs is 1. The second kappa shape index (κ2) is 4.46. The minimum Gasteiger partial charge on any atom is -0.380 e. The molecule has 1 nitrogen and oxygen atoms in total. The molecule has 2 fully saturated rings. The number of hydrogen-bond acceptors (Lipinski definition) is 1. The zero-order valence-electron chi connectivity index (χ0n) is 9.72. The summed E-state index contributed by atoms with van der Waals surface area (Å²) in [6.45, 7) is 1.75. The average Bonchev–Trinajstić information content (AvgIpc) is 2.77. The highest BCUT2D eigenvalue weighted by Crippen LogP contribution is 2.48. The normalized spacial score (nSPS) is 32.5. The van der Waals surface area contributed by atoms with Crippen LogP contribution in [0.1, 0.15) is 31.2 Å². The molecule has 1 aromatic rings. The summed E-state index contributed by atoms with van der Waals surface area (Å²) in [6, 6.07) is 6.08. The Morgan fingerprint density at radius 3 is 2.88 bits per heavy atom. The third-order valence-corrected chi connectivity index (χ3v) is 5.12. The van der Waals surface area contributed by atoms with E-state index in [0.29, 0.717) is 16.0 Å². The van der Waals surface area contributed by atoms with E-state index in [1.54, 1.807) is 0 Å². The molecule has 2 unspecified atom stereocenters. The Morgan fingerprint density at radius 1 is 1.18 bits per heavy atom. The van der Waals surface area contributed by atoms with Gasteiger partial charge in [-0.1, -0.05) is 42.1 Å². The van der Waals surface area contributed by atoms with Crippen LogP contribution < -0.4 is 0 Å². The first kappa shape index (κ1) is 11.8. The number of rotatable bonds is 1. The van der Waals surface area contributed by atoms with Gasteiger partial charge in [0.2, 0.25) is 0 Å². The fourth-order valence-electron chi connectivity index (χ4n) is 3.40. The van der Waals surface area contributed by atoms with Crippen LogP contribution in [0, 0.1) is 5.92 Å². The average molecular weight is 271 g/mol. The first-order valence-corrected chi connectivity index (χ1v) is 7.01. The quantitative estimate of drug-likeness (QED) is 0.733. The molecule has 0 spiro atoms. The second-order valence-corrected chi connectivity index (χ2v) is 6.06. The van der Waals surface area contributed by atoms with E-state index in [4.69, 9.17) is 27.9 Å². The molecule has 2 atom stereocenters. The molecule has 3 heteroatoms. The molecule has 0 amide bonds. The van der Waals surface area contributed by atoms with Crippen molar-refractivity contribution in [1.29, 1.82) is 0 Å². The lowest BCUT2D eigenvalue weighted by atomic mass is 9.64. The first-order valence-electron chi connectivity index (χ1n) is 6.26. The standard InChI is InChI=1S/C14H16Cl2O/c15-12-5-4-10(7-13(12)16)14-6-2-1-3-11(14)8-17-9-14/h4-5,7,11H,1-3,6,8-9H2. The summed E-state index contributed by atoms with van der Waals surface area (Å²) >= 11 is 12.1. The number of hydrogen-bond donors (Lipinski definition) is 0. The van der Waals surface area contributed by atoms with Gasteiger partial charge < -0.3 is 4.74 Å². The largest absolute Gasteiger partial charge is 0.380 e. The third kappa shape index (κ3) is 1.89. The molecule has 1 aliphatic heterocycles. The molecule has 0 N–H and O–H groups in total. The summed E-state index contributed by atoms with van der Waals surface area (Å²) < 4.78 is 5.74. The molecule has 1 saturated carbocycles. The number of halogens is 2. The van der Waals surface area contributed by atoms with Gasteiger partial charge in [-0.3, -0.25) is 0 Å². The van der Waals surface area contributed by atoms with Gasteiger partial charge in [0.15, 0.2) is 0 Å². The smallest absolute Gasteiger partial charge is 0.0595 e. The fourth-order valence-corrected chi connectivity index (χ4v) is 3.70. The van der Waals surface area contributed by atoms with E-state index in [2.05, 4.69) is 6.07 Å². The van der Waals surface area contributed by atoms with E-state index in [1.807, 2.05) is 12.1 Å². The van der Waals surface area contributed by atoms with Gasteiger partial charge in [0, 0.05) is 5.41 Å². The fraction of sp³-hybridized carbons (Fsp3) is 0.571. The maximum absolute atomic E-state index is 6.15. The van der Waals surface area contributed by atoms with Crippen LogP contribution in [0.2, 0.25) is 10.0 Å². The third-order valence-electron chi connectivity index (χ3n) is 4.38. The lowest BCUT2D eigenvalue weighted by Gasteiger charge is -2.38. The Balaban J connectivity index is 2.02. The molecule has 1 heterocycles. The van der Waals surface area contributed by atoms with Crippen molar-refractivity contribution in [3.63, 3.8) is 0 Å². The summed E-state index contributed by atoms with van der Waals surface area (Å²) in [5.41, 5.74) is 1.51. The maximum atomic E-state index is 6.15. The first-order chi connectivity index (χ1) is 8.22. The van der Waals surface area contributed by atoms with Gasteiger partial charge in [0.05, 0.1) is 23.3 Å². The van der Waals surface area contributed by atoms with Crippen molar-refractivity contribution in [3.05, 3.63) is 33.8 Å². The molecule has 17 heavy (non-hydrogen) atoms. The molecule has 0 radical (unpaired) electrons. The molecule has 0 aromatic heterocycles. The van der Waals surface area contributed by atoms with Gasteiger partial charge in [-0.25, -0.2) is 0 Å². The van der Waals surface area contributed by atoms with Crippen LogP contribution in [0.25, 0.3) is 0 Å². The van der Waals surface area contributed by atoms with Crippen LogP contribution in [0.3, 0.4) is 0 Å². The summed E-state index contributed by atoms with van der Waals surface area (Å²) in [7, 11) is 0. The molecule has 1 aliphatic carbocycles. The van der Waals surface area contributed by atoms with Crippen molar-refractivity contribution >= 4 is 23.2 Å². The van der Waals surface area contributed by atoms with Crippen LogP contribution in [0.15, 0.2) is 18.2 Å². The highest BCUT2D eigenvalue weighted by molar-refractivity contribution is 6.42. The number of ether oxygens (including phenoxy) is 1.